The van der Waals surface area contributed by atoms with Crippen LogP contribution in [0.15, 0.2) is 4.99 Å². The summed E-state index contributed by atoms with van der Waals surface area (Å²) in [5.74, 6) is 0.870. The van der Waals surface area contributed by atoms with Gasteiger partial charge in [-0.3, -0.25) is 4.99 Å². The number of hydrogen-bond donors (Lipinski definition) is 2. The zero-order valence-corrected chi connectivity index (χ0v) is 19.3. The van der Waals surface area contributed by atoms with Crippen molar-refractivity contribution in [1.29, 1.82) is 0 Å². The van der Waals surface area contributed by atoms with E-state index in [1.54, 1.807) is 0 Å². The second kappa shape index (κ2) is 18.7. The fourth-order valence-corrected chi connectivity index (χ4v) is 2.58. The number of rotatable bonds is 15. The molecule has 0 rings (SSSR count). The second-order valence-corrected chi connectivity index (χ2v) is 8.31. The van der Waals surface area contributed by atoms with E-state index in [2.05, 4.69) is 22.5 Å². The molecule has 0 radical (unpaired) electrons. The van der Waals surface area contributed by atoms with Gasteiger partial charge in [0.25, 0.3) is 0 Å². The maximum absolute atomic E-state index is 11.0. The Morgan fingerprint density at radius 3 is 2.20 bits per heavy atom. The summed E-state index contributed by atoms with van der Waals surface area (Å²) < 4.78 is 27.3. The summed E-state index contributed by atoms with van der Waals surface area (Å²) in [6.07, 6.45) is 10.2. The number of sulfone groups is 1. The van der Waals surface area contributed by atoms with Crippen LogP contribution in [0.5, 0.6) is 0 Å². The van der Waals surface area contributed by atoms with Gasteiger partial charge in [-0.25, -0.2) is 8.42 Å². The van der Waals surface area contributed by atoms with E-state index in [9.17, 15) is 8.42 Å². The summed E-state index contributed by atoms with van der Waals surface area (Å²) in [7, 11) is -2.94. The summed E-state index contributed by atoms with van der Waals surface area (Å²) in [6, 6.07) is 0. The van der Waals surface area contributed by atoms with Crippen LogP contribution in [0.1, 0.15) is 58.8 Å². The van der Waals surface area contributed by atoms with Crippen LogP contribution >= 0.6 is 24.0 Å². The van der Waals surface area contributed by atoms with Crippen LogP contribution in [-0.2, 0) is 14.6 Å². The highest BCUT2D eigenvalue weighted by Gasteiger charge is 2.01. The number of unbranched alkanes of at least 4 members (excludes halogenated alkanes) is 6. The molecule has 0 atom stereocenters. The first kappa shape index (κ1) is 27.1. The second-order valence-electron chi connectivity index (χ2n) is 6.05. The first-order valence-electron chi connectivity index (χ1n) is 9.27. The first-order chi connectivity index (χ1) is 11.5. The van der Waals surface area contributed by atoms with Gasteiger partial charge >= 0.3 is 0 Å². The van der Waals surface area contributed by atoms with E-state index in [4.69, 9.17) is 4.74 Å². The summed E-state index contributed by atoms with van der Waals surface area (Å²) in [4.78, 5) is 4.55. The third-order valence-corrected chi connectivity index (χ3v) is 4.42. The molecule has 0 aliphatic rings. The van der Waals surface area contributed by atoms with E-state index in [0.29, 0.717) is 13.2 Å². The van der Waals surface area contributed by atoms with Crippen molar-refractivity contribution in [1.82, 2.24) is 10.6 Å². The largest absolute Gasteiger partial charge is 0.379 e. The van der Waals surface area contributed by atoms with E-state index in [-0.39, 0.29) is 36.3 Å². The van der Waals surface area contributed by atoms with Gasteiger partial charge in [-0.2, -0.15) is 0 Å². The maximum Gasteiger partial charge on any atom is 0.191 e. The molecule has 2 N–H and O–H groups in total. The SMILES string of the molecule is CCCCCCCCCN=C(NCC)NCCOCCS(C)(=O)=O.I. The molecule has 0 aliphatic heterocycles. The highest BCUT2D eigenvalue weighted by atomic mass is 127. The van der Waals surface area contributed by atoms with E-state index in [1.807, 2.05) is 6.92 Å². The molecule has 152 valence electrons. The number of guanidine groups is 1. The van der Waals surface area contributed by atoms with Crippen molar-refractivity contribution in [2.24, 2.45) is 4.99 Å². The van der Waals surface area contributed by atoms with Crippen LogP contribution in [0.2, 0.25) is 0 Å². The molecule has 0 saturated heterocycles. The van der Waals surface area contributed by atoms with Gasteiger partial charge in [-0.15, -0.1) is 24.0 Å². The van der Waals surface area contributed by atoms with E-state index in [0.717, 1.165) is 25.5 Å². The monoisotopic (exact) mass is 491 g/mol. The zero-order chi connectivity index (χ0) is 18.1. The molecule has 0 aromatic rings. The van der Waals surface area contributed by atoms with Gasteiger partial charge in [-0.05, 0) is 13.3 Å². The third kappa shape index (κ3) is 21.9. The first-order valence-corrected chi connectivity index (χ1v) is 11.3. The number of halogens is 1. The third-order valence-electron chi connectivity index (χ3n) is 3.51. The van der Waals surface area contributed by atoms with Gasteiger partial charge in [0.2, 0.25) is 0 Å². The molecule has 0 aromatic carbocycles. The number of nitrogens with one attached hydrogen (secondary N) is 2. The molecule has 0 saturated carbocycles. The van der Waals surface area contributed by atoms with Gasteiger partial charge in [-0.1, -0.05) is 45.4 Å². The Morgan fingerprint density at radius 1 is 0.960 bits per heavy atom. The van der Waals surface area contributed by atoms with Crippen LogP contribution in [0.25, 0.3) is 0 Å². The minimum Gasteiger partial charge on any atom is -0.379 e. The zero-order valence-electron chi connectivity index (χ0n) is 16.2. The number of aliphatic imine (C=N–C) groups is 1. The Bertz CT molecular complexity index is 417. The normalized spacial score (nSPS) is 11.9. The summed E-state index contributed by atoms with van der Waals surface area (Å²) in [6.45, 7) is 7.25. The van der Waals surface area contributed by atoms with E-state index < -0.39 is 9.84 Å². The molecule has 25 heavy (non-hydrogen) atoms. The standard InChI is InChI=1S/C17H37N3O3S.HI/c1-4-6-7-8-9-10-11-12-19-17(18-5-2)20-13-14-23-15-16-24(3,21)22;/h4-16H2,1-3H3,(H2,18,19,20);1H. The quantitative estimate of drug-likeness (QED) is 0.159. The van der Waals surface area contributed by atoms with Crippen molar-refractivity contribution >= 4 is 39.8 Å². The van der Waals surface area contributed by atoms with Crippen molar-refractivity contribution in [3.8, 4) is 0 Å². The van der Waals surface area contributed by atoms with Crippen molar-refractivity contribution in [3.05, 3.63) is 0 Å². The van der Waals surface area contributed by atoms with E-state index >= 15 is 0 Å². The van der Waals surface area contributed by atoms with Crippen molar-refractivity contribution in [2.75, 3.05) is 44.9 Å². The average molecular weight is 491 g/mol. The molecule has 0 unspecified atom stereocenters. The Labute approximate surface area is 171 Å². The highest BCUT2D eigenvalue weighted by molar-refractivity contribution is 14.0. The molecule has 0 heterocycles. The Kier molecular flexibility index (Phi) is 20.3. The average Bonchev–Trinajstić information content (AvgIpc) is 2.52. The summed E-state index contributed by atoms with van der Waals surface area (Å²) in [5, 5.41) is 6.41. The van der Waals surface area contributed by atoms with Crippen molar-refractivity contribution in [3.63, 3.8) is 0 Å². The van der Waals surface area contributed by atoms with Crippen molar-refractivity contribution < 1.29 is 13.2 Å². The summed E-state index contributed by atoms with van der Waals surface area (Å²) >= 11 is 0. The molecule has 0 spiro atoms. The number of nitrogens with zero attached hydrogens (tertiary/aromatic N) is 1. The lowest BCUT2D eigenvalue weighted by Gasteiger charge is -2.11. The topological polar surface area (TPSA) is 79.8 Å². The van der Waals surface area contributed by atoms with Gasteiger partial charge < -0.3 is 15.4 Å². The van der Waals surface area contributed by atoms with Crippen molar-refractivity contribution in [2.45, 2.75) is 58.8 Å². The van der Waals surface area contributed by atoms with Gasteiger partial charge in [0.15, 0.2) is 5.96 Å². The Hall–Kier alpha value is -0.0900. The van der Waals surface area contributed by atoms with Crippen LogP contribution in [0.3, 0.4) is 0 Å². The number of ether oxygens (including phenoxy) is 1. The molecule has 0 amide bonds. The van der Waals surface area contributed by atoms with E-state index in [1.165, 1.54) is 44.8 Å². The smallest absolute Gasteiger partial charge is 0.191 e. The molecule has 0 aliphatic carbocycles. The Morgan fingerprint density at radius 2 is 1.60 bits per heavy atom. The number of hydrogen-bond acceptors (Lipinski definition) is 4. The summed E-state index contributed by atoms with van der Waals surface area (Å²) in [5.41, 5.74) is 0. The molecular weight excluding hydrogens is 453 g/mol. The Balaban J connectivity index is 0. The minimum atomic E-state index is -2.94. The van der Waals surface area contributed by atoms with Crippen LogP contribution in [0.4, 0.5) is 0 Å². The minimum absolute atomic E-state index is 0. The lowest BCUT2D eigenvalue weighted by molar-refractivity contribution is 0.154. The fourth-order valence-electron chi connectivity index (χ4n) is 2.16. The molecule has 0 fully saturated rings. The maximum atomic E-state index is 11.0. The molecule has 0 bridgehead atoms. The molecule has 0 aromatic heterocycles. The van der Waals surface area contributed by atoms with Crippen LogP contribution < -0.4 is 10.6 Å². The van der Waals surface area contributed by atoms with Gasteiger partial charge in [0.05, 0.1) is 19.0 Å². The molecule has 6 nitrogen and oxygen atoms in total. The van der Waals surface area contributed by atoms with Gasteiger partial charge in [0, 0.05) is 25.9 Å². The predicted octanol–water partition coefficient (Wildman–Crippen LogP) is 2.97. The lowest BCUT2D eigenvalue weighted by atomic mass is 10.1. The molecular formula is C17H38IN3O3S. The highest BCUT2D eigenvalue weighted by Crippen LogP contribution is 2.06. The lowest BCUT2D eigenvalue weighted by Crippen LogP contribution is -2.39. The fraction of sp³-hybridized carbons (Fsp3) is 0.941. The van der Waals surface area contributed by atoms with Gasteiger partial charge in [0.1, 0.15) is 9.84 Å². The van der Waals surface area contributed by atoms with Crippen LogP contribution in [-0.4, -0.2) is 59.2 Å². The molecule has 8 heteroatoms. The predicted molar refractivity (Wildman–Crippen MR) is 118 cm³/mol. The van der Waals surface area contributed by atoms with Crippen LogP contribution in [0, 0.1) is 0 Å².